The molecule has 1 saturated heterocycles. The molecule has 1 aliphatic heterocycles. The van der Waals surface area contributed by atoms with Crippen molar-refractivity contribution in [3.05, 3.63) is 58.6 Å². The fourth-order valence-corrected chi connectivity index (χ4v) is 5.86. The zero-order valence-electron chi connectivity index (χ0n) is 17.5. The van der Waals surface area contributed by atoms with Crippen LogP contribution in [0.2, 0.25) is 5.02 Å². The van der Waals surface area contributed by atoms with E-state index in [-0.39, 0.29) is 22.6 Å². The minimum Gasteiger partial charge on any atom is -0.495 e. The molecule has 1 unspecified atom stereocenters. The van der Waals surface area contributed by atoms with Crippen LogP contribution < -0.4 is 4.74 Å². The van der Waals surface area contributed by atoms with E-state index >= 15 is 0 Å². The summed E-state index contributed by atoms with van der Waals surface area (Å²) in [4.78, 5) is 14.6. The summed E-state index contributed by atoms with van der Waals surface area (Å²) < 4.78 is 33.5. The number of sulfonamides is 1. The van der Waals surface area contributed by atoms with E-state index in [0.717, 1.165) is 24.8 Å². The van der Waals surface area contributed by atoms with Gasteiger partial charge in [-0.1, -0.05) is 30.2 Å². The second kappa shape index (κ2) is 9.37. The van der Waals surface area contributed by atoms with Gasteiger partial charge in [0.25, 0.3) is 5.91 Å². The fourth-order valence-electron chi connectivity index (χ4n) is 3.77. The highest BCUT2D eigenvalue weighted by atomic mass is 35.5. The molecule has 2 aromatic carbocycles. The Balaban J connectivity index is 1.90. The lowest BCUT2D eigenvalue weighted by Crippen LogP contribution is -2.42. The van der Waals surface area contributed by atoms with Crippen molar-refractivity contribution in [1.82, 2.24) is 9.21 Å². The van der Waals surface area contributed by atoms with Crippen LogP contribution in [0.25, 0.3) is 0 Å². The predicted molar refractivity (Wildman–Crippen MR) is 117 cm³/mol. The Bertz CT molecular complexity index is 1030. The number of piperidine rings is 1. The number of hydrogen-bond acceptors (Lipinski definition) is 4. The van der Waals surface area contributed by atoms with E-state index in [2.05, 4.69) is 0 Å². The molecule has 8 heteroatoms. The first-order valence-electron chi connectivity index (χ1n) is 9.94. The van der Waals surface area contributed by atoms with Crippen LogP contribution in [0.1, 0.15) is 42.1 Å². The van der Waals surface area contributed by atoms with Crippen LogP contribution in [0.5, 0.6) is 5.75 Å². The van der Waals surface area contributed by atoms with E-state index in [1.54, 1.807) is 31.3 Å². The van der Waals surface area contributed by atoms with Gasteiger partial charge >= 0.3 is 0 Å². The van der Waals surface area contributed by atoms with Gasteiger partial charge in [0, 0.05) is 36.8 Å². The van der Waals surface area contributed by atoms with E-state index < -0.39 is 10.0 Å². The summed E-state index contributed by atoms with van der Waals surface area (Å²) in [5.74, 6) is -0.0393. The first-order valence-corrected chi connectivity index (χ1v) is 11.8. The van der Waals surface area contributed by atoms with E-state index in [4.69, 9.17) is 16.3 Å². The lowest BCUT2D eigenvalue weighted by atomic mass is 10.1. The minimum atomic E-state index is -3.78. The molecule has 0 aliphatic carbocycles. The number of amides is 1. The second-order valence-electron chi connectivity index (χ2n) is 7.62. The molecule has 0 saturated carbocycles. The molecule has 1 amide bonds. The van der Waals surface area contributed by atoms with Gasteiger partial charge in [0.1, 0.15) is 10.6 Å². The summed E-state index contributed by atoms with van der Waals surface area (Å²) in [5.41, 5.74) is 1.19. The number of halogens is 1. The van der Waals surface area contributed by atoms with Gasteiger partial charge in [-0.05, 0) is 55.7 Å². The highest BCUT2D eigenvalue weighted by Crippen LogP contribution is 2.32. The van der Waals surface area contributed by atoms with Crippen LogP contribution in [0.15, 0.2) is 47.4 Å². The van der Waals surface area contributed by atoms with E-state index in [1.165, 1.54) is 22.4 Å². The molecule has 162 valence electrons. The van der Waals surface area contributed by atoms with Crippen LogP contribution >= 0.6 is 11.6 Å². The van der Waals surface area contributed by atoms with Gasteiger partial charge in [-0.3, -0.25) is 4.79 Å². The Morgan fingerprint density at radius 3 is 2.67 bits per heavy atom. The van der Waals surface area contributed by atoms with Crippen molar-refractivity contribution in [1.29, 1.82) is 0 Å². The number of carbonyl (C=O) groups is 1. The molecule has 0 spiro atoms. The van der Waals surface area contributed by atoms with Crippen LogP contribution in [0.4, 0.5) is 0 Å². The van der Waals surface area contributed by atoms with E-state index in [1.807, 2.05) is 19.1 Å². The van der Waals surface area contributed by atoms with Gasteiger partial charge in [0.2, 0.25) is 10.0 Å². The van der Waals surface area contributed by atoms with Crippen LogP contribution in [0, 0.1) is 0 Å². The number of benzene rings is 2. The Hall–Kier alpha value is -2.09. The molecular formula is C22H27ClN2O4S. The van der Waals surface area contributed by atoms with Gasteiger partial charge in [0.05, 0.1) is 7.11 Å². The van der Waals surface area contributed by atoms with Crippen LogP contribution in [-0.4, -0.2) is 50.3 Å². The summed E-state index contributed by atoms with van der Waals surface area (Å²) in [6, 6.07) is 11.8. The molecular weight excluding hydrogens is 424 g/mol. The Kier molecular flexibility index (Phi) is 7.06. The van der Waals surface area contributed by atoms with Crippen LogP contribution in [0.3, 0.4) is 0 Å². The molecule has 1 aliphatic rings. The van der Waals surface area contributed by atoms with Gasteiger partial charge in [-0.15, -0.1) is 0 Å². The normalized spacial score (nSPS) is 17.5. The third kappa shape index (κ3) is 4.79. The van der Waals surface area contributed by atoms with Crippen molar-refractivity contribution in [2.45, 2.75) is 43.7 Å². The van der Waals surface area contributed by atoms with Crippen molar-refractivity contribution in [3.63, 3.8) is 0 Å². The van der Waals surface area contributed by atoms with Gasteiger partial charge in [-0.2, -0.15) is 4.31 Å². The monoisotopic (exact) mass is 450 g/mol. The van der Waals surface area contributed by atoms with Crippen LogP contribution in [-0.2, 0) is 16.6 Å². The number of nitrogens with zero attached hydrogens (tertiary/aromatic N) is 2. The summed E-state index contributed by atoms with van der Waals surface area (Å²) in [7, 11) is -0.674. The van der Waals surface area contributed by atoms with Crippen molar-refractivity contribution >= 4 is 27.5 Å². The maximum atomic E-state index is 13.4. The number of ether oxygens (including phenoxy) is 1. The van der Waals surface area contributed by atoms with E-state index in [9.17, 15) is 13.2 Å². The first-order chi connectivity index (χ1) is 14.2. The molecule has 1 atom stereocenters. The van der Waals surface area contributed by atoms with Crippen molar-refractivity contribution in [2.75, 3.05) is 20.7 Å². The molecule has 3 rings (SSSR count). The average molecular weight is 451 g/mol. The largest absolute Gasteiger partial charge is 0.495 e. The second-order valence-corrected chi connectivity index (χ2v) is 9.91. The Labute approximate surface area is 183 Å². The van der Waals surface area contributed by atoms with Gasteiger partial charge < -0.3 is 9.64 Å². The summed E-state index contributed by atoms with van der Waals surface area (Å²) >= 11 is 6.03. The molecule has 0 N–H and O–H groups in total. The number of methoxy groups -OCH3 is 1. The lowest BCUT2D eigenvalue weighted by Gasteiger charge is -2.32. The molecule has 1 heterocycles. The maximum absolute atomic E-state index is 13.4. The quantitative estimate of drug-likeness (QED) is 0.662. The third-order valence-corrected chi connectivity index (χ3v) is 7.66. The third-order valence-electron chi connectivity index (χ3n) is 5.39. The number of rotatable bonds is 6. The molecule has 2 aromatic rings. The summed E-state index contributed by atoms with van der Waals surface area (Å²) in [5, 5.41) is 0.599. The number of hydrogen-bond donors (Lipinski definition) is 0. The SMILES string of the molecule is COc1ccc(C(=O)N(C)Cc2cccc(Cl)c2)cc1S(=O)(=O)N1CCCCC1C. The summed E-state index contributed by atoms with van der Waals surface area (Å²) in [6.45, 7) is 2.74. The molecule has 0 radical (unpaired) electrons. The zero-order valence-corrected chi connectivity index (χ0v) is 19.0. The van der Waals surface area contributed by atoms with E-state index in [0.29, 0.717) is 23.7 Å². The average Bonchev–Trinajstić information content (AvgIpc) is 2.73. The van der Waals surface area contributed by atoms with Gasteiger partial charge in [0.15, 0.2) is 0 Å². The molecule has 0 bridgehead atoms. The maximum Gasteiger partial charge on any atom is 0.253 e. The van der Waals surface area contributed by atoms with Crippen molar-refractivity contribution < 1.29 is 17.9 Å². The minimum absolute atomic E-state index is 0.0285. The number of carbonyl (C=O) groups excluding carboxylic acids is 1. The highest BCUT2D eigenvalue weighted by Gasteiger charge is 2.33. The molecule has 1 fully saturated rings. The fraction of sp³-hybridized carbons (Fsp3) is 0.409. The molecule has 0 aromatic heterocycles. The first kappa shape index (κ1) is 22.6. The topological polar surface area (TPSA) is 66.9 Å². The Morgan fingerprint density at radius 1 is 1.23 bits per heavy atom. The lowest BCUT2D eigenvalue weighted by molar-refractivity contribution is 0.0785. The highest BCUT2D eigenvalue weighted by molar-refractivity contribution is 7.89. The standard InChI is InChI=1S/C22H27ClN2O4S/c1-16-7-4-5-12-25(16)30(27,28)21-14-18(10-11-20(21)29-3)22(26)24(2)15-17-8-6-9-19(23)13-17/h6,8-11,13-14,16H,4-5,7,12,15H2,1-3H3. The smallest absolute Gasteiger partial charge is 0.253 e. The van der Waals surface area contributed by atoms with Crippen molar-refractivity contribution in [2.24, 2.45) is 0 Å². The predicted octanol–water partition coefficient (Wildman–Crippen LogP) is 4.18. The summed E-state index contributed by atoms with van der Waals surface area (Å²) in [6.07, 6.45) is 2.66. The zero-order chi connectivity index (χ0) is 21.9. The molecule has 30 heavy (non-hydrogen) atoms. The molecule has 6 nitrogen and oxygen atoms in total. The van der Waals surface area contributed by atoms with Gasteiger partial charge in [-0.25, -0.2) is 8.42 Å². The Morgan fingerprint density at radius 2 is 2.00 bits per heavy atom. The van der Waals surface area contributed by atoms with Crippen molar-refractivity contribution in [3.8, 4) is 5.75 Å².